The zero-order valence-corrected chi connectivity index (χ0v) is 13.9. The second-order valence-corrected chi connectivity index (χ2v) is 6.10. The Morgan fingerprint density at radius 3 is 2.65 bits per heavy atom. The number of nitrogens with one attached hydrogen (secondary N) is 1. The first kappa shape index (κ1) is 15.6. The van der Waals surface area contributed by atoms with Gasteiger partial charge in [0, 0.05) is 28.7 Å². The Labute approximate surface area is 143 Å². The first-order chi connectivity index (χ1) is 11.2. The van der Waals surface area contributed by atoms with Gasteiger partial charge in [0.25, 0.3) is 5.91 Å². The molecule has 3 aromatic rings. The summed E-state index contributed by atoms with van der Waals surface area (Å²) in [4.78, 5) is 17.4. The van der Waals surface area contributed by atoms with Crippen molar-refractivity contribution < 1.29 is 4.79 Å². The summed E-state index contributed by atoms with van der Waals surface area (Å²) in [5.74, 6) is -0.221. The molecule has 0 bridgehead atoms. The number of imidazole rings is 1. The van der Waals surface area contributed by atoms with Crippen LogP contribution in [0.15, 0.2) is 66.1 Å². The van der Waals surface area contributed by atoms with Gasteiger partial charge in [0.15, 0.2) is 0 Å². The largest absolute Gasteiger partial charge is 0.322 e. The van der Waals surface area contributed by atoms with E-state index in [9.17, 15) is 4.79 Å². The molecule has 0 radical (unpaired) electrons. The molecule has 1 N–H and O–H groups in total. The van der Waals surface area contributed by atoms with Gasteiger partial charge in [0.2, 0.25) is 0 Å². The van der Waals surface area contributed by atoms with Gasteiger partial charge in [-0.05, 0) is 48.7 Å². The smallest absolute Gasteiger partial charge is 0.257 e. The average Bonchev–Trinajstić information content (AvgIpc) is 3.10. The minimum atomic E-state index is -0.221. The summed E-state index contributed by atoms with van der Waals surface area (Å²) >= 11 is 7.70. The number of hydrogen-bond acceptors (Lipinski definition) is 3. The van der Waals surface area contributed by atoms with Crippen LogP contribution in [-0.2, 0) is 0 Å². The molecule has 0 aliphatic heterocycles. The zero-order chi connectivity index (χ0) is 16.2. The molecule has 0 atom stereocenters. The lowest BCUT2D eigenvalue weighted by atomic mass is 10.2. The molecule has 23 heavy (non-hydrogen) atoms. The Hall–Kier alpha value is -2.24. The molecular weight excluding hydrogens is 330 g/mol. The molecule has 0 spiro atoms. The van der Waals surface area contributed by atoms with Crippen LogP contribution in [0.1, 0.15) is 10.4 Å². The van der Waals surface area contributed by atoms with E-state index in [1.165, 1.54) is 0 Å². The van der Waals surface area contributed by atoms with Gasteiger partial charge in [-0.3, -0.25) is 4.79 Å². The van der Waals surface area contributed by atoms with E-state index in [1.807, 2.05) is 47.4 Å². The Bertz CT molecular complexity index is 816. The summed E-state index contributed by atoms with van der Waals surface area (Å²) in [7, 11) is 0. The number of halogens is 1. The molecule has 0 unspecified atom stereocenters. The number of amides is 1. The van der Waals surface area contributed by atoms with Crippen molar-refractivity contribution in [3.05, 3.63) is 71.8 Å². The molecule has 0 aliphatic rings. The second kappa shape index (κ2) is 6.89. The third kappa shape index (κ3) is 3.57. The SMILES string of the molecule is CSc1ccc(Cl)c(C(=O)Nc2ccc(-n3ccnc3)cc2)c1. The number of hydrogen-bond donors (Lipinski definition) is 1. The van der Waals surface area contributed by atoms with Crippen molar-refractivity contribution in [2.24, 2.45) is 0 Å². The molecule has 2 aromatic carbocycles. The summed E-state index contributed by atoms with van der Waals surface area (Å²) < 4.78 is 1.89. The minimum Gasteiger partial charge on any atom is -0.322 e. The summed E-state index contributed by atoms with van der Waals surface area (Å²) in [6, 6.07) is 12.9. The predicted octanol–water partition coefficient (Wildman–Crippen LogP) is 4.50. The van der Waals surface area contributed by atoms with Gasteiger partial charge in [0.05, 0.1) is 16.9 Å². The molecule has 3 rings (SSSR count). The van der Waals surface area contributed by atoms with E-state index < -0.39 is 0 Å². The maximum Gasteiger partial charge on any atom is 0.257 e. The highest BCUT2D eigenvalue weighted by atomic mass is 35.5. The van der Waals surface area contributed by atoms with Crippen molar-refractivity contribution in [2.75, 3.05) is 11.6 Å². The number of nitrogens with zero attached hydrogens (tertiary/aromatic N) is 2. The number of carbonyl (C=O) groups excluding carboxylic acids is 1. The van der Waals surface area contributed by atoms with Gasteiger partial charge in [0.1, 0.15) is 0 Å². The summed E-state index contributed by atoms with van der Waals surface area (Å²) in [5.41, 5.74) is 2.16. The van der Waals surface area contributed by atoms with E-state index in [1.54, 1.807) is 36.4 Å². The van der Waals surface area contributed by atoms with Crippen molar-refractivity contribution >= 4 is 35.0 Å². The van der Waals surface area contributed by atoms with Crippen LogP contribution in [0.5, 0.6) is 0 Å². The molecular formula is C17H14ClN3OS. The van der Waals surface area contributed by atoms with Crippen LogP contribution in [0, 0.1) is 0 Å². The molecule has 0 aliphatic carbocycles. The van der Waals surface area contributed by atoms with Crippen molar-refractivity contribution in [3.63, 3.8) is 0 Å². The molecule has 6 heteroatoms. The Kier molecular flexibility index (Phi) is 4.69. The van der Waals surface area contributed by atoms with Crippen molar-refractivity contribution in [1.82, 2.24) is 9.55 Å². The van der Waals surface area contributed by atoms with Crippen LogP contribution in [0.3, 0.4) is 0 Å². The monoisotopic (exact) mass is 343 g/mol. The summed E-state index contributed by atoms with van der Waals surface area (Å²) in [6.07, 6.45) is 7.26. The first-order valence-corrected chi connectivity index (χ1v) is 8.51. The fraction of sp³-hybridized carbons (Fsp3) is 0.0588. The maximum absolute atomic E-state index is 12.4. The molecule has 0 saturated heterocycles. The van der Waals surface area contributed by atoms with Gasteiger partial charge in [-0.2, -0.15) is 0 Å². The van der Waals surface area contributed by atoms with Gasteiger partial charge in [-0.1, -0.05) is 11.6 Å². The quantitative estimate of drug-likeness (QED) is 0.709. The maximum atomic E-state index is 12.4. The number of aromatic nitrogens is 2. The Morgan fingerprint density at radius 2 is 2.00 bits per heavy atom. The fourth-order valence-electron chi connectivity index (χ4n) is 2.13. The highest BCUT2D eigenvalue weighted by Gasteiger charge is 2.11. The highest BCUT2D eigenvalue weighted by Crippen LogP contribution is 2.24. The van der Waals surface area contributed by atoms with E-state index >= 15 is 0 Å². The van der Waals surface area contributed by atoms with Crippen LogP contribution < -0.4 is 5.32 Å². The minimum absolute atomic E-state index is 0.221. The van der Waals surface area contributed by atoms with Crippen molar-refractivity contribution in [1.29, 1.82) is 0 Å². The van der Waals surface area contributed by atoms with Crippen molar-refractivity contribution in [3.8, 4) is 5.69 Å². The van der Waals surface area contributed by atoms with E-state index in [-0.39, 0.29) is 5.91 Å². The Morgan fingerprint density at radius 1 is 1.22 bits per heavy atom. The van der Waals surface area contributed by atoms with E-state index in [4.69, 9.17) is 11.6 Å². The standard InChI is InChI=1S/C17H14ClN3OS/c1-23-14-6-7-16(18)15(10-14)17(22)20-12-2-4-13(5-3-12)21-9-8-19-11-21/h2-11H,1H3,(H,20,22). The lowest BCUT2D eigenvalue weighted by Crippen LogP contribution is -2.12. The van der Waals surface area contributed by atoms with E-state index in [0.29, 0.717) is 16.3 Å². The normalized spacial score (nSPS) is 10.5. The second-order valence-electron chi connectivity index (χ2n) is 4.82. The predicted molar refractivity (Wildman–Crippen MR) is 94.8 cm³/mol. The van der Waals surface area contributed by atoms with Crippen molar-refractivity contribution in [2.45, 2.75) is 4.90 Å². The van der Waals surface area contributed by atoms with Gasteiger partial charge in [-0.25, -0.2) is 4.98 Å². The van der Waals surface area contributed by atoms with Gasteiger partial charge >= 0.3 is 0 Å². The highest BCUT2D eigenvalue weighted by molar-refractivity contribution is 7.98. The lowest BCUT2D eigenvalue weighted by molar-refractivity contribution is 0.102. The van der Waals surface area contributed by atoms with Crippen LogP contribution in [0.4, 0.5) is 5.69 Å². The average molecular weight is 344 g/mol. The Balaban J connectivity index is 1.78. The van der Waals surface area contributed by atoms with Gasteiger partial charge < -0.3 is 9.88 Å². The number of thioether (sulfide) groups is 1. The molecule has 116 valence electrons. The number of rotatable bonds is 4. The van der Waals surface area contributed by atoms with Gasteiger partial charge in [-0.15, -0.1) is 11.8 Å². The van der Waals surface area contributed by atoms with E-state index in [0.717, 1.165) is 10.6 Å². The van der Waals surface area contributed by atoms with Crippen LogP contribution in [-0.4, -0.2) is 21.7 Å². The number of benzene rings is 2. The lowest BCUT2D eigenvalue weighted by Gasteiger charge is -2.09. The number of carbonyl (C=O) groups is 1. The summed E-state index contributed by atoms with van der Waals surface area (Å²) in [6.45, 7) is 0. The topological polar surface area (TPSA) is 46.9 Å². The third-order valence-corrected chi connectivity index (χ3v) is 4.40. The van der Waals surface area contributed by atoms with Crippen LogP contribution in [0.25, 0.3) is 5.69 Å². The molecule has 1 heterocycles. The number of anilines is 1. The molecule has 1 aromatic heterocycles. The molecule has 1 amide bonds. The molecule has 4 nitrogen and oxygen atoms in total. The van der Waals surface area contributed by atoms with Crippen LogP contribution >= 0.6 is 23.4 Å². The fourth-order valence-corrected chi connectivity index (χ4v) is 2.78. The third-order valence-electron chi connectivity index (χ3n) is 3.35. The van der Waals surface area contributed by atoms with Crippen LogP contribution in [0.2, 0.25) is 5.02 Å². The van der Waals surface area contributed by atoms with E-state index in [2.05, 4.69) is 10.3 Å². The first-order valence-electron chi connectivity index (χ1n) is 6.90. The molecule has 0 fully saturated rings. The molecule has 0 saturated carbocycles. The zero-order valence-electron chi connectivity index (χ0n) is 12.4. The summed E-state index contributed by atoms with van der Waals surface area (Å²) in [5, 5.41) is 3.31.